The number of rotatable bonds is 5. The Kier molecular flexibility index (Phi) is 5.35. The summed E-state index contributed by atoms with van der Waals surface area (Å²) in [6.07, 6.45) is -4.82. The number of alkyl halides is 5. The van der Waals surface area contributed by atoms with Gasteiger partial charge in [0.15, 0.2) is 5.69 Å². The molecule has 0 saturated carbocycles. The molecular weight excluding hydrogens is 355 g/mol. The third-order valence-corrected chi connectivity index (χ3v) is 2.72. The molecule has 0 fully saturated rings. The molecule has 2 rings (SSSR count). The standard InChI is InChI=1S/C14H9F5N2O4/c1-23-12(22)9-6-10(14(17,18)19)20-21-11(9)24-7-2-4-8(5-3-7)25-13(15)16/h2-6,13H,1H3. The largest absolute Gasteiger partial charge is 0.465 e. The first-order chi connectivity index (χ1) is 11.7. The minimum atomic E-state index is -4.82. The second-order valence-corrected chi connectivity index (χ2v) is 4.39. The van der Waals surface area contributed by atoms with Crippen LogP contribution >= 0.6 is 0 Å². The summed E-state index contributed by atoms with van der Waals surface area (Å²) >= 11 is 0. The molecule has 0 saturated heterocycles. The summed E-state index contributed by atoms with van der Waals surface area (Å²) in [5, 5.41) is 6.18. The second kappa shape index (κ2) is 7.28. The number of carbonyl (C=O) groups excluding carboxylic acids is 1. The van der Waals surface area contributed by atoms with Gasteiger partial charge in [-0.25, -0.2) is 4.79 Å². The van der Waals surface area contributed by atoms with Crippen molar-refractivity contribution in [2.75, 3.05) is 7.11 Å². The van der Waals surface area contributed by atoms with Gasteiger partial charge in [0, 0.05) is 0 Å². The van der Waals surface area contributed by atoms with Crippen molar-refractivity contribution in [2.24, 2.45) is 0 Å². The van der Waals surface area contributed by atoms with Crippen LogP contribution in [0.2, 0.25) is 0 Å². The average Bonchev–Trinajstić information content (AvgIpc) is 2.54. The normalized spacial score (nSPS) is 11.3. The number of ether oxygens (including phenoxy) is 3. The molecule has 1 heterocycles. The van der Waals surface area contributed by atoms with E-state index in [0.717, 1.165) is 19.2 Å². The van der Waals surface area contributed by atoms with Crippen LogP contribution in [-0.4, -0.2) is 29.9 Å². The lowest BCUT2D eigenvalue weighted by Gasteiger charge is -2.11. The molecule has 25 heavy (non-hydrogen) atoms. The number of halogens is 5. The summed E-state index contributed by atoms with van der Waals surface area (Å²) in [5.41, 5.74) is -2.00. The quantitative estimate of drug-likeness (QED) is 0.596. The van der Waals surface area contributed by atoms with Crippen molar-refractivity contribution in [3.8, 4) is 17.4 Å². The van der Waals surface area contributed by atoms with Gasteiger partial charge in [-0.2, -0.15) is 22.0 Å². The zero-order valence-corrected chi connectivity index (χ0v) is 12.4. The van der Waals surface area contributed by atoms with Crippen molar-refractivity contribution in [2.45, 2.75) is 12.8 Å². The highest BCUT2D eigenvalue weighted by atomic mass is 19.4. The van der Waals surface area contributed by atoms with Gasteiger partial charge in [0.25, 0.3) is 5.88 Å². The van der Waals surface area contributed by atoms with Crippen LogP contribution in [0.1, 0.15) is 16.1 Å². The smallest absolute Gasteiger partial charge is 0.435 e. The zero-order valence-electron chi connectivity index (χ0n) is 12.4. The van der Waals surface area contributed by atoms with E-state index in [1.165, 1.54) is 12.1 Å². The Morgan fingerprint density at radius 3 is 2.20 bits per heavy atom. The SMILES string of the molecule is COC(=O)c1cc(C(F)(F)F)nnc1Oc1ccc(OC(F)F)cc1. The fourth-order valence-corrected chi connectivity index (χ4v) is 1.65. The van der Waals surface area contributed by atoms with E-state index in [1.807, 2.05) is 0 Å². The third-order valence-electron chi connectivity index (χ3n) is 2.72. The van der Waals surface area contributed by atoms with Gasteiger partial charge in [-0.05, 0) is 30.3 Å². The minimum Gasteiger partial charge on any atom is -0.465 e. The molecule has 2 aromatic rings. The van der Waals surface area contributed by atoms with E-state index >= 15 is 0 Å². The van der Waals surface area contributed by atoms with Crippen LogP contribution in [0.4, 0.5) is 22.0 Å². The number of aromatic nitrogens is 2. The van der Waals surface area contributed by atoms with Crippen molar-refractivity contribution in [1.82, 2.24) is 10.2 Å². The van der Waals surface area contributed by atoms with E-state index in [9.17, 15) is 26.7 Å². The molecule has 0 radical (unpaired) electrons. The maximum atomic E-state index is 12.7. The summed E-state index contributed by atoms with van der Waals surface area (Å²) in [4.78, 5) is 11.6. The maximum Gasteiger partial charge on any atom is 0.435 e. The highest BCUT2D eigenvalue weighted by molar-refractivity contribution is 5.91. The molecule has 0 N–H and O–H groups in total. The Balaban J connectivity index is 2.30. The van der Waals surface area contributed by atoms with Crippen molar-refractivity contribution in [3.63, 3.8) is 0 Å². The summed E-state index contributed by atoms with van der Waals surface area (Å²) in [5.74, 6) is -1.81. The molecule has 1 aromatic carbocycles. The van der Waals surface area contributed by atoms with Gasteiger partial charge in [-0.3, -0.25) is 0 Å². The molecule has 0 amide bonds. The van der Waals surface area contributed by atoms with Crippen LogP contribution in [0.15, 0.2) is 30.3 Å². The first-order valence-corrected chi connectivity index (χ1v) is 6.46. The molecule has 11 heteroatoms. The van der Waals surface area contributed by atoms with Crippen molar-refractivity contribution in [1.29, 1.82) is 0 Å². The van der Waals surface area contributed by atoms with Gasteiger partial charge in [-0.15, -0.1) is 10.2 Å². The lowest BCUT2D eigenvalue weighted by molar-refractivity contribution is -0.141. The van der Waals surface area contributed by atoms with E-state index in [4.69, 9.17) is 4.74 Å². The van der Waals surface area contributed by atoms with Crippen LogP contribution in [-0.2, 0) is 10.9 Å². The van der Waals surface area contributed by atoms with Crippen molar-refractivity contribution < 1.29 is 41.0 Å². The summed E-state index contributed by atoms with van der Waals surface area (Å²) in [6.45, 7) is -3.02. The number of benzene rings is 1. The van der Waals surface area contributed by atoms with Gasteiger partial charge < -0.3 is 14.2 Å². The predicted octanol–water partition coefficient (Wildman–Crippen LogP) is 3.68. The molecule has 0 unspecified atom stereocenters. The summed E-state index contributed by atoms with van der Waals surface area (Å²) in [7, 11) is 0.969. The lowest BCUT2D eigenvalue weighted by atomic mass is 10.2. The minimum absolute atomic E-state index is 0.000767. The van der Waals surface area contributed by atoms with Crippen LogP contribution < -0.4 is 9.47 Å². The fourth-order valence-electron chi connectivity index (χ4n) is 1.65. The number of carbonyl (C=O) groups is 1. The monoisotopic (exact) mass is 364 g/mol. The third kappa shape index (κ3) is 4.75. The number of nitrogens with zero attached hydrogens (tertiary/aromatic N) is 2. The maximum absolute atomic E-state index is 12.7. The second-order valence-electron chi connectivity index (χ2n) is 4.39. The topological polar surface area (TPSA) is 70.5 Å². The van der Waals surface area contributed by atoms with Gasteiger partial charge in [-0.1, -0.05) is 0 Å². The zero-order chi connectivity index (χ0) is 18.6. The van der Waals surface area contributed by atoms with E-state index in [1.54, 1.807) is 0 Å². The Labute approximate surface area is 137 Å². The van der Waals surface area contributed by atoms with Crippen molar-refractivity contribution in [3.05, 3.63) is 41.6 Å². The van der Waals surface area contributed by atoms with Gasteiger partial charge in [0.1, 0.15) is 17.1 Å². The summed E-state index contributed by atoms with van der Waals surface area (Å²) in [6, 6.07) is 5.09. The van der Waals surface area contributed by atoms with Gasteiger partial charge in [0.05, 0.1) is 7.11 Å². The van der Waals surface area contributed by atoms with Crippen LogP contribution in [0, 0.1) is 0 Å². The highest BCUT2D eigenvalue weighted by Gasteiger charge is 2.35. The Morgan fingerprint density at radius 2 is 1.68 bits per heavy atom. The van der Waals surface area contributed by atoms with Crippen LogP contribution in [0.25, 0.3) is 0 Å². The average molecular weight is 364 g/mol. The molecule has 1 aromatic heterocycles. The lowest BCUT2D eigenvalue weighted by Crippen LogP contribution is -2.14. The molecule has 0 atom stereocenters. The van der Waals surface area contributed by atoms with E-state index < -0.39 is 35.9 Å². The highest BCUT2D eigenvalue weighted by Crippen LogP contribution is 2.31. The van der Waals surface area contributed by atoms with Gasteiger partial charge in [0.2, 0.25) is 0 Å². The Morgan fingerprint density at radius 1 is 1.08 bits per heavy atom. The van der Waals surface area contributed by atoms with Crippen LogP contribution in [0.5, 0.6) is 17.4 Å². The first kappa shape index (κ1) is 18.4. The molecule has 134 valence electrons. The molecule has 0 aliphatic rings. The number of methoxy groups -OCH3 is 1. The van der Waals surface area contributed by atoms with E-state index in [-0.39, 0.29) is 11.5 Å². The molecule has 0 spiro atoms. The molecule has 0 aliphatic heterocycles. The predicted molar refractivity (Wildman–Crippen MR) is 71.5 cm³/mol. The molecule has 0 bridgehead atoms. The van der Waals surface area contributed by atoms with E-state index in [0.29, 0.717) is 6.07 Å². The summed E-state index contributed by atoms with van der Waals surface area (Å²) < 4.78 is 75.9. The number of esters is 1. The van der Waals surface area contributed by atoms with E-state index in [2.05, 4.69) is 19.7 Å². The van der Waals surface area contributed by atoms with Gasteiger partial charge >= 0.3 is 18.8 Å². The van der Waals surface area contributed by atoms with Crippen molar-refractivity contribution >= 4 is 5.97 Å². The first-order valence-electron chi connectivity index (χ1n) is 6.46. The molecule has 0 aliphatic carbocycles. The fraction of sp³-hybridized carbons (Fsp3) is 0.214. The molecule has 6 nitrogen and oxygen atoms in total. The Hall–Kier alpha value is -2.98. The number of hydrogen-bond acceptors (Lipinski definition) is 6. The van der Waals surface area contributed by atoms with Crippen LogP contribution in [0.3, 0.4) is 0 Å². The molecular formula is C14H9F5N2O4. The Bertz CT molecular complexity index is 750. The number of hydrogen-bond donors (Lipinski definition) is 0.